The number of benzene rings is 2. The van der Waals surface area contributed by atoms with E-state index in [0.29, 0.717) is 6.04 Å². The smallest absolute Gasteiger partial charge is 0.0413 e. The lowest BCUT2D eigenvalue weighted by molar-refractivity contribution is 0.515. The Morgan fingerprint density at radius 3 is 2.14 bits per heavy atom. The SMILES string of the molecule is C=C/C(=C\CC1=CC(c2ccccc2)=CCC1)C(C)(C)C.CC.CC=C[C@H](C)N/C(=C\c1ccccc1)CCC.NF. The monoisotopic (exact) mass is 572 g/mol. The van der Waals surface area contributed by atoms with Crippen molar-refractivity contribution in [1.29, 1.82) is 0 Å². The van der Waals surface area contributed by atoms with Gasteiger partial charge in [0.15, 0.2) is 0 Å². The molecule has 0 aliphatic heterocycles. The molecule has 0 spiro atoms. The van der Waals surface area contributed by atoms with Crippen molar-refractivity contribution in [2.24, 2.45) is 11.4 Å². The van der Waals surface area contributed by atoms with Gasteiger partial charge in [-0.15, -0.1) is 4.48 Å². The van der Waals surface area contributed by atoms with E-state index >= 15 is 0 Å². The molecule has 2 aromatic carbocycles. The molecule has 0 saturated heterocycles. The molecule has 0 unspecified atom stereocenters. The molecule has 0 bridgehead atoms. The van der Waals surface area contributed by atoms with Crippen LogP contribution in [0.2, 0.25) is 0 Å². The maximum absolute atomic E-state index is 9.00. The zero-order valence-corrected chi connectivity index (χ0v) is 27.6. The lowest BCUT2D eigenvalue weighted by atomic mass is 9.84. The van der Waals surface area contributed by atoms with Crippen LogP contribution in [0.5, 0.6) is 0 Å². The van der Waals surface area contributed by atoms with Crippen LogP contribution < -0.4 is 11.3 Å². The number of rotatable bonds is 10. The molecular formula is C39H57FN2. The minimum atomic E-state index is 0.176. The number of nitrogens with one attached hydrogen (secondary N) is 1. The van der Waals surface area contributed by atoms with Gasteiger partial charge in [0.25, 0.3) is 0 Å². The molecule has 3 heteroatoms. The van der Waals surface area contributed by atoms with Gasteiger partial charge in [-0.25, -0.2) is 0 Å². The van der Waals surface area contributed by atoms with E-state index in [4.69, 9.17) is 4.48 Å². The topological polar surface area (TPSA) is 38.0 Å². The van der Waals surface area contributed by atoms with Gasteiger partial charge in [0.05, 0.1) is 0 Å². The van der Waals surface area contributed by atoms with Crippen LogP contribution in [-0.2, 0) is 0 Å². The second-order valence-electron chi connectivity index (χ2n) is 11.0. The van der Waals surface area contributed by atoms with Gasteiger partial charge in [0.2, 0.25) is 0 Å². The van der Waals surface area contributed by atoms with Crippen LogP contribution in [0.1, 0.15) is 98.6 Å². The molecule has 0 amide bonds. The van der Waals surface area contributed by atoms with Crippen molar-refractivity contribution < 1.29 is 4.48 Å². The highest BCUT2D eigenvalue weighted by atomic mass is 19.2. The van der Waals surface area contributed by atoms with E-state index in [9.17, 15) is 0 Å². The zero-order valence-electron chi connectivity index (χ0n) is 27.6. The fourth-order valence-corrected chi connectivity index (χ4v) is 4.53. The molecule has 0 saturated carbocycles. The highest BCUT2D eigenvalue weighted by Crippen LogP contribution is 2.30. The Hall–Kier alpha value is -3.43. The summed E-state index contributed by atoms with van der Waals surface area (Å²) in [6, 6.07) is 21.5. The van der Waals surface area contributed by atoms with Gasteiger partial charge in [0.1, 0.15) is 0 Å². The molecule has 42 heavy (non-hydrogen) atoms. The van der Waals surface area contributed by atoms with E-state index in [1.807, 2.05) is 26.0 Å². The van der Waals surface area contributed by atoms with Crippen molar-refractivity contribution in [2.45, 2.75) is 93.5 Å². The van der Waals surface area contributed by atoms with Crippen molar-refractivity contribution in [3.8, 4) is 0 Å². The van der Waals surface area contributed by atoms with E-state index in [0.717, 1.165) is 25.7 Å². The van der Waals surface area contributed by atoms with Crippen molar-refractivity contribution in [3.05, 3.63) is 132 Å². The maximum Gasteiger partial charge on any atom is 0.0413 e. The van der Waals surface area contributed by atoms with Crippen LogP contribution in [0, 0.1) is 5.41 Å². The number of allylic oxidation sites excluding steroid dienone is 9. The Morgan fingerprint density at radius 2 is 1.62 bits per heavy atom. The Bertz CT molecular complexity index is 1130. The third-order valence-corrected chi connectivity index (χ3v) is 6.52. The van der Waals surface area contributed by atoms with Gasteiger partial charge in [-0.05, 0) is 73.3 Å². The fraction of sp³-hybridized carbons (Fsp3) is 0.385. The Kier molecular flexibility index (Phi) is 21.3. The van der Waals surface area contributed by atoms with Gasteiger partial charge < -0.3 is 5.32 Å². The first kappa shape index (κ1) is 38.6. The van der Waals surface area contributed by atoms with Crippen molar-refractivity contribution in [2.75, 3.05) is 0 Å². The van der Waals surface area contributed by atoms with E-state index in [1.165, 1.54) is 40.0 Å². The summed E-state index contributed by atoms with van der Waals surface area (Å²) in [4.78, 5) is 0. The predicted octanol–water partition coefficient (Wildman–Crippen LogP) is 11.6. The molecular weight excluding hydrogens is 515 g/mol. The van der Waals surface area contributed by atoms with Crippen LogP contribution in [0.3, 0.4) is 0 Å². The molecule has 230 valence electrons. The summed E-state index contributed by atoms with van der Waals surface area (Å²) < 4.78 is 9.00. The summed E-state index contributed by atoms with van der Waals surface area (Å²) in [5.74, 6) is 3.00. The third-order valence-electron chi connectivity index (χ3n) is 6.52. The van der Waals surface area contributed by atoms with E-state index in [2.05, 4.69) is 150 Å². The average Bonchev–Trinajstić information content (AvgIpc) is 3.00. The number of hydrogen-bond donors (Lipinski definition) is 2. The van der Waals surface area contributed by atoms with Gasteiger partial charge in [-0.1, -0.05) is 157 Å². The fourth-order valence-electron chi connectivity index (χ4n) is 4.53. The van der Waals surface area contributed by atoms with Crippen LogP contribution in [-0.4, -0.2) is 6.04 Å². The maximum atomic E-state index is 9.00. The predicted molar refractivity (Wildman–Crippen MR) is 187 cm³/mol. The van der Waals surface area contributed by atoms with E-state index in [1.54, 1.807) is 0 Å². The zero-order chi connectivity index (χ0) is 31.8. The molecule has 0 heterocycles. The Labute approximate surface area is 257 Å². The first-order chi connectivity index (χ1) is 20.3. The molecule has 0 fully saturated rings. The minimum Gasteiger partial charge on any atom is -0.382 e. The molecule has 3 rings (SSSR count). The van der Waals surface area contributed by atoms with Crippen LogP contribution in [0.25, 0.3) is 11.6 Å². The van der Waals surface area contributed by atoms with Crippen molar-refractivity contribution >= 4 is 11.6 Å². The first-order valence-corrected chi connectivity index (χ1v) is 15.4. The van der Waals surface area contributed by atoms with Crippen LogP contribution in [0.15, 0.2) is 121 Å². The van der Waals surface area contributed by atoms with Gasteiger partial charge in [0, 0.05) is 11.7 Å². The summed E-state index contributed by atoms with van der Waals surface area (Å²) in [7, 11) is 0. The molecule has 3 N–H and O–H groups in total. The molecule has 1 atom stereocenters. The normalized spacial score (nSPS) is 14.0. The minimum absolute atomic E-state index is 0.176. The standard InChI is InChI=1S/C21H26.C16H23N.C2H6.FH2N/c1-5-20(21(2,3)4)15-14-17-10-9-13-19(16-17)18-11-7-6-8-12-18;1-4-9-14(3)17-16(10-5-2)13-15-11-7-6-8-12-15;2*1-2/h5-8,11-13,15-16H,1,9-10,14H2,2-4H3;4,6-9,11-14,17H,5,10H2,1-3H3;1-2H3;2H2/b20-15+;9-4?,16-13-;;/t;14-;;/m.0../s1. The van der Waals surface area contributed by atoms with Crippen LogP contribution >= 0.6 is 0 Å². The molecule has 0 radical (unpaired) electrons. The molecule has 1 aliphatic rings. The molecule has 2 aromatic rings. The van der Waals surface area contributed by atoms with Crippen LogP contribution in [0.4, 0.5) is 4.48 Å². The highest BCUT2D eigenvalue weighted by Gasteiger charge is 2.14. The summed E-state index contributed by atoms with van der Waals surface area (Å²) in [6.07, 6.45) is 21.1. The second kappa shape index (κ2) is 23.2. The Balaban J connectivity index is 0.000000729. The lowest BCUT2D eigenvalue weighted by Gasteiger charge is -2.21. The second-order valence-corrected chi connectivity index (χ2v) is 11.0. The number of hydrogen-bond acceptors (Lipinski definition) is 2. The molecule has 1 aliphatic carbocycles. The third kappa shape index (κ3) is 16.1. The largest absolute Gasteiger partial charge is 0.382 e. The van der Waals surface area contributed by atoms with Crippen molar-refractivity contribution in [3.63, 3.8) is 0 Å². The summed E-state index contributed by atoms with van der Waals surface area (Å²) >= 11 is 0. The van der Waals surface area contributed by atoms with E-state index in [-0.39, 0.29) is 5.41 Å². The number of nitrogens with two attached hydrogens (primary N) is 1. The molecule has 0 aromatic heterocycles. The summed E-state index contributed by atoms with van der Waals surface area (Å²) in [5.41, 5.74) is 8.27. The first-order valence-electron chi connectivity index (χ1n) is 15.4. The lowest BCUT2D eigenvalue weighted by Crippen LogP contribution is -2.23. The summed E-state index contributed by atoms with van der Waals surface area (Å²) in [6.45, 7) is 21.1. The number of halogens is 1. The molecule has 2 nitrogen and oxygen atoms in total. The Morgan fingerprint density at radius 1 is 1.02 bits per heavy atom. The van der Waals surface area contributed by atoms with Gasteiger partial charge in [-0.2, -0.15) is 5.96 Å². The van der Waals surface area contributed by atoms with Crippen molar-refractivity contribution in [1.82, 2.24) is 5.32 Å². The average molecular weight is 573 g/mol. The van der Waals surface area contributed by atoms with Gasteiger partial charge >= 0.3 is 0 Å². The highest BCUT2D eigenvalue weighted by molar-refractivity contribution is 5.75. The van der Waals surface area contributed by atoms with Gasteiger partial charge in [-0.3, -0.25) is 0 Å². The quantitative estimate of drug-likeness (QED) is 0.169. The summed E-state index contributed by atoms with van der Waals surface area (Å²) in [5, 5.41) is 3.54. The van der Waals surface area contributed by atoms with E-state index < -0.39 is 0 Å².